The smallest absolute Gasteiger partial charge is 0.323 e. The van der Waals surface area contributed by atoms with Crippen molar-refractivity contribution in [3.8, 4) is 0 Å². The first-order valence-electron chi connectivity index (χ1n) is 7.34. The number of carboxylic acids is 1. The highest BCUT2D eigenvalue weighted by Gasteiger charge is 2.35. The summed E-state index contributed by atoms with van der Waals surface area (Å²) in [6, 6.07) is 0.132. The molecule has 0 aromatic rings. The van der Waals surface area contributed by atoms with Gasteiger partial charge in [-0.15, -0.1) is 0 Å². The van der Waals surface area contributed by atoms with E-state index in [0.29, 0.717) is 18.9 Å². The van der Waals surface area contributed by atoms with Crippen molar-refractivity contribution in [3.63, 3.8) is 0 Å². The monoisotopic (exact) mass is 273 g/mol. The van der Waals surface area contributed by atoms with Gasteiger partial charge in [0.1, 0.15) is 5.54 Å². The summed E-state index contributed by atoms with van der Waals surface area (Å²) in [7, 11) is 0. The molecule has 0 saturated heterocycles. The van der Waals surface area contributed by atoms with Crippen molar-refractivity contribution in [1.82, 2.24) is 5.32 Å². The molecule has 3 unspecified atom stereocenters. The Morgan fingerprint density at radius 2 is 1.89 bits per heavy atom. The van der Waals surface area contributed by atoms with Gasteiger partial charge in [-0.2, -0.15) is 0 Å². The number of nitrogens with one attached hydrogen (secondary N) is 1. The van der Waals surface area contributed by atoms with Crippen LogP contribution in [-0.2, 0) is 9.53 Å². The van der Waals surface area contributed by atoms with Gasteiger partial charge in [0.15, 0.2) is 0 Å². The molecule has 0 saturated carbocycles. The largest absolute Gasteiger partial charge is 0.480 e. The fourth-order valence-corrected chi connectivity index (χ4v) is 2.38. The Hall–Kier alpha value is -0.610. The Balaban J connectivity index is 4.32. The summed E-state index contributed by atoms with van der Waals surface area (Å²) in [4.78, 5) is 11.4. The first-order valence-corrected chi connectivity index (χ1v) is 7.34. The van der Waals surface area contributed by atoms with Gasteiger partial charge in [0, 0.05) is 19.1 Å². The molecule has 0 fully saturated rings. The summed E-state index contributed by atoms with van der Waals surface area (Å²) in [5.74, 6) is -0.292. The lowest BCUT2D eigenvalue weighted by molar-refractivity contribution is -0.146. The fraction of sp³-hybridized carbons (Fsp3) is 0.933. The zero-order valence-corrected chi connectivity index (χ0v) is 13.3. The molecule has 0 bridgehead atoms. The van der Waals surface area contributed by atoms with Gasteiger partial charge in [0.05, 0.1) is 6.10 Å². The molecule has 0 rings (SSSR count). The number of carbonyl (C=O) groups is 1. The molecule has 3 atom stereocenters. The molecule has 0 heterocycles. The van der Waals surface area contributed by atoms with Crippen molar-refractivity contribution in [1.29, 1.82) is 0 Å². The van der Waals surface area contributed by atoms with Crippen LogP contribution in [0, 0.1) is 5.92 Å². The van der Waals surface area contributed by atoms with Crippen LogP contribution in [0.25, 0.3) is 0 Å². The van der Waals surface area contributed by atoms with Gasteiger partial charge in [-0.05, 0) is 40.0 Å². The average Bonchev–Trinajstić information content (AvgIpc) is 2.25. The highest BCUT2D eigenvalue weighted by molar-refractivity contribution is 5.78. The second-order valence-corrected chi connectivity index (χ2v) is 6.18. The van der Waals surface area contributed by atoms with Crippen LogP contribution >= 0.6 is 0 Å². The van der Waals surface area contributed by atoms with Crippen LogP contribution in [0.5, 0.6) is 0 Å². The Bertz CT molecular complexity index is 268. The van der Waals surface area contributed by atoms with E-state index in [1.807, 2.05) is 20.8 Å². The molecule has 0 amide bonds. The second-order valence-electron chi connectivity index (χ2n) is 6.18. The molecule has 0 aliphatic rings. The molecule has 0 aliphatic carbocycles. The summed E-state index contributed by atoms with van der Waals surface area (Å²) >= 11 is 0. The highest BCUT2D eigenvalue weighted by atomic mass is 16.5. The van der Waals surface area contributed by atoms with E-state index < -0.39 is 11.5 Å². The van der Waals surface area contributed by atoms with Gasteiger partial charge in [-0.3, -0.25) is 10.1 Å². The van der Waals surface area contributed by atoms with Crippen LogP contribution in [0.2, 0.25) is 0 Å². The maximum Gasteiger partial charge on any atom is 0.323 e. The lowest BCUT2D eigenvalue weighted by atomic mass is 9.94. The standard InChI is InChI=1S/C15H31NO3/c1-7-8-12(4)10-19-13(5)9-15(6,14(17)18)16-11(2)3/h11-13,16H,7-10H2,1-6H3,(H,17,18). The number of hydrogen-bond donors (Lipinski definition) is 2. The average molecular weight is 273 g/mol. The van der Waals surface area contributed by atoms with Crippen LogP contribution < -0.4 is 5.32 Å². The zero-order valence-electron chi connectivity index (χ0n) is 13.3. The van der Waals surface area contributed by atoms with E-state index in [2.05, 4.69) is 19.2 Å². The first kappa shape index (κ1) is 18.4. The van der Waals surface area contributed by atoms with Crippen LogP contribution in [0.3, 0.4) is 0 Å². The van der Waals surface area contributed by atoms with Crippen molar-refractivity contribution >= 4 is 5.97 Å². The third-order valence-corrected chi connectivity index (χ3v) is 3.22. The first-order chi connectivity index (χ1) is 8.71. The van der Waals surface area contributed by atoms with Crippen molar-refractivity contribution in [2.45, 2.75) is 78.5 Å². The van der Waals surface area contributed by atoms with Crippen molar-refractivity contribution in [2.24, 2.45) is 5.92 Å². The van der Waals surface area contributed by atoms with Gasteiger partial charge in [-0.1, -0.05) is 20.3 Å². The molecule has 2 N–H and O–H groups in total. The van der Waals surface area contributed by atoms with Crippen LogP contribution in [-0.4, -0.2) is 35.4 Å². The van der Waals surface area contributed by atoms with E-state index >= 15 is 0 Å². The second kappa shape index (κ2) is 8.54. The molecular weight excluding hydrogens is 242 g/mol. The molecule has 4 nitrogen and oxygen atoms in total. The van der Waals surface area contributed by atoms with E-state index in [9.17, 15) is 9.90 Å². The topological polar surface area (TPSA) is 58.6 Å². The summed E-state index contributed by atoms with van der Waals surface area (Å²) < 4.78 is 5.78. The van der Waals surface area contributed by atoms with E-state index in [1.165, 1.54) is 0 Å². The quantitative estimate of drug-likeness (QED) is 0.642. The van der Waals surface area contributed by atoms with Crippen molar-refractivity contribution in [2.75, 3.05) is 6.61 Å². The number of aliphatic carboxylic acids is 1. The Labute approximate surface area is 117 Å². The summed E-state index contributed by atoms with van der Waals surface area (Å²) in [5.41, 5.74) is -0.929. The number of ether oxygens (including phenoxy) is 1. The number of rotatable bonds is 10. The minimum atomic E-state index is -0.929. The van der Waals surface area contributed by atoms with Crippen molar-refractivity contribution < 1.29 is 14.6 Å². The maximum absolute atomic E-state index is 11.4. The minimum absolute atomic E-state index is 0.0633. The van der Waals surface area contributed by atoms with Gasteiger partial charge < -0.3 is 9.84 Å². The SMILES string of the molecule is CCCC(C)COC(C)CC(C)(NC(C)C)C(=O)O. The molecule has 0 aromatic heterocycles. The highest BCUT2D eigenvalue weighted by Crippen LogP contribution is 2.17. The van der Waals surface area contributed by atoms with Gasteiger partial charge >= 0.3 is 5.97 Å². The molecule has 4 heteroatoms. The summed E-state index contributed by atoms with van der Waals surface area (Å²) in [5, 5.41) is 12.5. The van der Waals surface area contributed by atoms with Crippen LogP contribution in [0.4, 0.5) is 0 Å². The Kier molecular flexibility index (Phi) is 8.26. The predicted molar refractivity (Wildman–Crippen MR) is 78.4 cm³/mol. The molecule has 0 aliphatic heterocycles. The molecule has 19 heavy (non-hydrogen) atoms. The third kappa shape index (κ3) is 7.53. The molecule has 114 valence electrons. The Morgan fingerprint density at radius 3 is 2.32 bits per heavy atom. The van der Waals surface area contributed by atoms with Gasteiger partial charge in [0.2, 0.25) is 0 Å². The van der Waals surface area contributed by atoms with E-state index in [-0.39, 0.29) is 12.1 Å². The van der Waals surface area contributed by atoms with Crippen molar-refractivity contribution in [3.05, 3.63) is 0 Å². The van der Waals surface area contributed by atoms with Gasteiger partial charge in [0.25, 0.3) is 0 Å². The van der Waals surface area contributed by atoms with Crippen LogP contribution in [0.15, 0.2) is 0 Å². The van der Waals surface area contributed by atoms with E-state index in [4.69, 9.17) is 4.74 Å². The summed E-state index contributed by atoms with van der Waals surface area (Å²) in [6.07, 6.45) is 2.71. The Morgan fingerprint density at radius 1 is 1.32 bits per heavy atom. The maximum atomic E-state index is 11.4. The molecule has 0 spiro atoms. The van der Waals surface area contributed by atoms with Crippen LogP contribution in [0.1, 0.15) is 60.8 Å². The predicted octanol–water partition coefficient (Wildman–Crippen LogP) is 3.06. The lowest BCUT2D eigenvalue weighted by Gasteiger charge is -2.31. The van der Waals surface area contributed by atoms with Gasteiger partial charge in [-0.25, -0.2) is 0 Å². The third-order valence-electron chi connectivity index (χ3n) is 3.22. The van der Waals surface area contributed by atoms with E-state index in [1.54, 1.807) is 6.92 Å². The fourth-order valence-electron chi connectivity index (χ4n) is 2.38. The molecular formula is C15H31NO3. The molecule has 0 radical (unpaired) electrons. The van der Waals surface area contributed by atoms with E-state index in [0.717, 1.165) is 12.8 Å². The number of hydrogen-bond acceptors (Lipinski definition) is 3. The lowest BCUT2D eigenvalue weighted by Crippen LogP contribution is -2.54. The normalized spacial score (nSPS) is 18.1. The minimum Gasteiger partial charge on any atom is -0.480 e. The molecule has 0 aromatic carbocycles. The summed E-state index contributed by atoms with van der Waals surface area (Å²) in [6.45, 7) is 12.6. The zero-order chi connectivity index (χ0) is 15.1. The number of carboxylic acid groups (broad SMARTS) is 1.